The third-order valence-corrected chi connectivity index (χ3v) is 6.69. The van der Waals surface area contributed by atoms with E-state index in [9.17, 15) is 12.8 Å². The van der Waals surface area contributed by atoms with Crippen molar-refractivity contribution in [3.8, 4) is 0 Å². The van der Waals surface area contributed by atoms with Gasteiger partial charge >= 0.3 is 0 Å². The smallest absolute Gasteiger partial charge is 0.244 e. The van der Waals surface area contributed by atoms with Gasteiger partial charge in [0.2, 0.25) is 10.0 Å². The van der Waals surface area contributed by atoms with Gasteiger partial charge in [0.15, 0.2) is 0 Å². The van der Waals surface area contributed by atoms with Crippen LogP contribution in [0.1, 0.15) is 50.6 Å². The quantitative estimate of drug-likeness (QED) is 0.866. The number of hydrogen-bond donors (Lipinski definition) is 1. The summed E-state index contributed by atoms with van der Waals surface area (Å²) in [5.74, 6) is -0.286. The first-order valence-corrected chi connectivity index (χ1v) is 10.3. The van der Waals surface area contributed by atoms with E-state index < -0.39 is 10.0 Å². The van der Waals surface area contributed by atoms with Crippen LogP contribution in [0.2, 0.25) is 0 Å². The van der Waals surface area contributed by atoms with Crippen molar-refractivity contribution in [2.45, 2.75) is 63.3 Å². The van der Waals surface area contributed by atoms with Crippen molar-refractivity contribution in [1.82, 2.24) is 14.5 Å². The summed E-state index contributed by atoms with van der Waals surface area (Å²) in [6.07, 6.45) is 1.78. The molecule has 0 aliphatic heterocycles. The van der Waals surface area contributed by atoms with Crippen LogP contribution in [0.4, 0.5) is 4.39 Å². The van der Waals surface area contributed by atoms with Crippen molar-refractivity contribution in [3.63, 3.8) is 0 Å². The van der Waals surface area contributed by atoms with Gasteiger partial charge in [0.1, 0.15) is 10.7 Å². The Bertz CT molecular complexity index is 921. The molecule has 0 atom stereocenters. The maximum atomic E-state index is 13.2. The summed E-state index contributed by atoms with van der Waals surface area (Å²) in [6, 6.07) is 6.33. The van der Waals surface area contributed by atoms with Crippen molar-refractivity contribution in [2.75, 3.05) is 6.54 Å². The zero-order valence-corrected chi connectivity index (χ0v) is 16.7. The average molecular weight is 380 g/mol. The molecule has 1 aromatic carbocycles. The topological polar surface area (TPSA) is 64.0 Å². The SMILES string of the molecule is Cc1nn(C(C)(C)C)c(C)c1S(=O)(=O)NCC1(c2ccc(F)cc2)CC1. The second-order valence-corrected chi connectivity index (χ2v) is 9.90. The van der Waals surface area contributed by atoms with Crippen LogP contribution in [0.15, 0.2) is 29.2 Å². The van der Waals surface area contributed by atoms with Gasteiger partial charge in [0.05, 0.1) is 16.9 Å². The highest BCUT2D eigenvalue weighted by Gasteiger charge is 2.45. The van der Waals surface area contributed by atoms with E-state index in [4.69, 9.17) is 0 Å². The highest BCUT2D eigenvalue weighted by Crippen LogP contribution is 2.47. The predicted molar refractivity (Wildman–Crippen MR) is 99.2 cm³/mol. The molecule has 0 spiro atoms. The Labute approximate surface area is 154 Å². The van der Waals surface area contributed by atoms with Crippen LogP contribution < -0.4 is 4.72 Å². The van der Waals surface area contributed by atoms with Crippen molar-refractivity contribution in [1.29, 1.82) is 0 Å². The number of benzene rings is 1. The zero-order valence-electron chi connectivity index (χ0n) is 15.9. The largest absolute Gasteiger partial charge is 0.263 e. The minimum absolute atomic E-state index is 0.234. The normalized spacial score (nSPS) is 16.7. The Morgan fingerprint density at radius 2 is 1.77 bits per heavy atom. The molecule has 7 heteroatoms. The Hall–Kier alpha value is -1.73. The molecule has 0 amide bonds. The molecular weight excluding hydrogens is 353 g/mol. The fraction of sp³-hybridized carbons (Fsp3) is 0.526. The minimum Gasteiger partial charge on any atom is -0.263 e. The van der Waals surface area contributed by atoms with Crippen LogP contribution in [0.5, 0.6) is 0 Å². The lowest BCUT2D eigenvalue weighted by Crippen LogP contribution is -2.33. The Morgan fingerprint density at radius 1 is 1.19 bits per heavy atom. The summed E-state index contributed by atoms with van der Waals surface area (Å²) in [4.78, 5) is 0.252. The Morgan fingerprint density at radius 3 is 2.23 bits per heavy atom. The molecule has 1 N–H and O–H groups in total. The molecule has 1 fully saturated rings. The van der Waals surface area contributed by atoms with E-state index in [0.29, 0.717) is 17.9 Å². The summed E-state index contributed by atoms with van der Waals surface area (Å²) in [6.45, 7) is 9.78. The van der Waals surface area contributed by atoms with Crippen molar-refractivity contribution < 1.29 is 12.8 Å². The third kappa shape index (κ3) is 3.42. The number of sulfonamides is 1. The first-order valence-electron chi connectivity index (χ1n) is 8.79. The molecule has 1 heterocycles. The van der Waals surface area contributed by atoms with Crippen LogP contribution in [0.3, 0.4) is 0 Å². The molecule has 3 rings (SSSR count). The van der Waals surface area contributed by atoms with E-state index >= 15 is 0 Å². The van der Waals surface area contributed by atoms with Crippen molar-refractivity contribution in [2.24, 2.45) is 0 Å². The maximum Gasteiger partial charge on any atom is 0.244 e. The van der Waals surface area contributed by atoms with Gasteiger partial charge in [0, 0.05) is 12.0 Å². The second-order valence-electron chi connectivity index (χ2n) is 8.19. The third-order valence-electron chi connectivity index (χ3n) is 5.04. The fourth-order valence-corrected chi connectivity index (χ4v) is 5.01. The molecule has 5 nitrogen and oxygen atoms in total. The fourth-order valence-electron chi connectivity index (χ4n) is 3.50. The number of aromatic nitrogens is 2. The monoisotopic (exact) mass is 379 g/mol. The summed E-state index contributed by atoms with van der Waals surface area (Å²) in [5, 5.41) is 4.43. The molecule has 2 aromatic rings. The van der Waals surface area contributed by atoms with E-state index in [1.165, 1.54) is 12.1 Å². The maximum absolute atomic E-state index is 13.2. The first-order chi connectivity index (χ1) is 12.0. The highest BCUT2D eigenvalue weighted by molar-refractivity contribution is 7.89. The van der Waals surface area contributed by atoms with Gasteiger partial charge in [-0.3, -0.25) is 4.68 Å². The van der Waals surface area contributed by atoms with Crippen LogP contribution >= 0.6 is 0 Å². The second kappa shape index (κ2) is 6.16. The van der Waals surface area contributed by atoms with Gasteiger partial charge in [-0.25, -0.2) is 17.5 Å². The van der Waals surface area contributed by atoms with Gasteiger partial charge in [0.25, 0.3) is 0 Å². The van der Waals surface area contributed by atoms with Gasteiger partial charge in [-0.2, -0.15) is 5.10 Å². The number of nitrogens with zero attached hydrogens (tertiary/aromatic N) is 2. The number of halogens is 1. The summed E-state index contributed by atoms with van der Waals surface area (Å²) < 4.78 is 43.6. The Kier molecular flexibility index (Phi) is 4.51. The summed E-state index contributed by atoms with van der Waals surface area (Å²) in [7, 11) is -3.68. The van der Waals surface area contributed by atoms with Crippen LogP contribution in [-0.2, 0) is 21.0 Å². The van der Waals surface area contributed by atoms with Crippen molar-refractivity contribution >= 4 is 10.0 Å². The number of rotatable bonds is 5. The van der Waals surface area contributed by atoms with Gasteiger partial charge in [-0.05, 0) is 65.2 Å². The molecule has 1 saturated carbocycles. The number of aryl methyl sites for hydroxylation is 1. The predicted octanol–water partition coefficient (Wildman–Crippen LogP) is 3.40. The molecule has 1 aliphatic rings. The van der Waals surface area contributed by atoms with Crippen molar-refractivity contribution in [3.05, 3.63) is 47.0 Å². The van der Waals surface area contributed by atoms with Gasteiger partial charge in [-0.15, -0.1) is 0 Å². The molecule has 1 aliphatic carbocycles. The molecule has 0 saturated heterocycles. The molecule has 1 aromatic heterocycles. The standard InChI is InChI=1S/C19H26FN3O2S/c1-13-17(14(2)23(22-13)18(3,4)5)26(24,25)21-12-19(10-11-19)15-6-8-16(20)9-7-15/h6-9,21H,10-12H2,1-5H3. The van der Waals surface area contributed by atoms with E-state index in [0.717, 1.165) is 18.4 Å². The first kappa shape index (κ1) is 19.0. The molecule has 142 valence electrons. The van der Waals surface area contributed by atoms with E-state index in [1.54, 1.807) is 30.7 Å². The van der Waals surface area contributed by atoms with Crippen LogP contribution in [-0.4, -0.2) is 24.7 Å². The highest BCUT2D eigenvalue weighted by atomic mass is 32.2. The van der Waals surface area contributed by atoms with Crippen LogP contribution in [0.25, 0.3) is 0 Å². The molecular formula is C19H26FN3O2S. The Balaban J connectivity index is 1.85. The van der Waals surface area contributed by atoms with Crippen LogP contribution in [0, 0.1) is 19.7 Å². The molecule has 0 radical (unpaired) electrons. The van der Waals surface area contributed by atoms with E-state index in [1.807, 2.05) is 20.8 Å². The van der Waals surface area contributed by atoms with E-state index in [2.05, 4.69) is 9.82 Å². The molecule has 0 bridgehead atoms. The lowest BCUT2D eigenvalue weighted by Gasteiger charge is -2.21. The summed E-state index contributed by atoms with van der Waals surface area (Å²) in [5.41, 5.74) is 1.57. The molecule has 26 heavy (non-hydrogen) atoms. The number of nitrogens with one attached hydrogen (secondary N) is 1. The zero-order chi connectivity index (χ0) is 19.3. The number of hydrogen-bond acceptors (Lipinski definition) is 3. The van der Waals surface area contributed by atoms with Gasteiger partial charge in [-0.1, -0.05) is 12.1 Å². The van der Waals surface area contributed by atoms with Gasteiger partial charge < -0.3 is 0 Å². The lowest BCUT2D eigenvalue weighted by molar-refractivity contribution is 0.345. The lowest BCUT2D eigenvalue weighted by atomic mass is 9.96. The average Bonchev–Trinajstić information content (AvgIpc) is 3.24. The summed E-state index contributed by atoms with van der Waals surface area (Å²) >= 11 is 0. The molecule has 0 unspecified atom stereocenters. The van der Waals surface area contributed by atoms with E-state index in [-0.39, 0.29) is 21.7 Å². The minimum atomic E-state index is -3.68.